The highest BCUT2D eigenvalue weighted by atomic mass is 19.1. The number of halogens is 1. The number of nitriles is 1. The van der Waals surface area contributed by atoms with Crippen molar-refractivity contribution in [3.8, 4) is 6.07 Å². The van der Waals surface area contributed by atoms with Crippen LogP contribution in [0.3, 0.4) is 0 Å². The molecule has 0 aromatic heterocycles. The van der Waals surface area contributed by atoms with Gasteiger partial charge in [-0.05, 0) is 36.4 Å². The van der Waals surface area contributed by atoms with Gasteiger partial charge in [-0.3, -0.25) is 4.79 Å². The first-order chi connectivity index (χ1) is 9.51. The predicted molar refractivity (Wildman–Crippen MR) is 73.8 cm³/mol. The third-order valence-corrected chi connectivity index (χ3v) is 2.68. The van der Waals surface area contributed by atoms with Gasteiger partial charge in [-0.15, -0.1) is 0 Å². The number of carbonyl (C=O) groups excluding carboxylic acids is 1. The highest BCUT2D eigenvalue weighted by Crippen LogP contribution is 2.25. The molecule has 6 heteroatoms. The smallest absolute Gasteiger partial charge is 0.250 e. The molecule has 0 fully saturated rings. The van der Waals surface area contributed by atoms with Crippen molar-refractivity contribution in [2.45, 2.75) is 0 Å². The van der Waals surface area contributed by atoms with Gasteiger partial charge in [0.05, 0.1) is 22.5 Å². The Morgan fingerprint density at radius 2 is 1.90 bits per heavy atom. The van der Waals surface area contributed by atoms with E-state index in [1.807, 2.05) is 6.07 Å². The van der Waals surface area contributed by atoms with Gasteiger partial charge in [0, 0.05) is 5.69 Å². The molecule has 2 rings (SSSR count). The first-order valence-corrected chi connectivity index (χ1v) is 5.67. The lowest BCUT2D eigenvalue weighted by atomic mass is 10.1. The fourth-order valence-corrected chi connectivity index (χ4v) is 1.74. The molecule has 0 saturated heterocycles. The molecule has 2 aromatic rings. The van der Waals surface area contributed by atoms with Crippen LogP contribution in [0.2, 0.25) is 0 Å². The summed E-state index contributed by atoms with van der Waals surface area (Å²) in [5.41, 5.74) is 12.4. The van der Waals surface area contributed by atoms with Crippen LogP contribution in [0.15, 0.2) is 36.4 Å². The SMILES string of the molecule is N#Cc1cc(F)ccc1Nc1ccc(N)cc1C(N)=O. The summed E-state index contributed by atoms with van der Waals surface area (Å²) in [5.74, 6) is -1.17. The van der Waals surface area contributed by atoms with Crippen molar-refractivity contribution in [3.63, 3.8) is 0 Å². The first kappa shape index (κ1) is 13.4. The van der Waals surface area contributed by atoms with Gasteiger partial charge in [-0.2, -0.15) is 5.26 Å². The van der Waals surface area contributed by atoms with Gasteiger partial charge < -0.3 is 16.8 Å². The average molecular weight is 270 g/mol. The van der Waals surface area contributed by atoms with E-state index in [-0.39, 0.29) is 11.1 Å². The summed E-state index contributed by atoms with van der Waals surface area (Å²) in [7, 11) is 0. The minimum absolute atomic E-state index is 0.122. The van der Waals surface area contributed by atoms with Crippen molar-refractivity contribution in [3.05, 3.63) is 53.3 Å². The van der Waals surface area contributed by atoms with Crippen LogP contribution in [-0.2, 0) is 0 Å². The Balaban J connectivity index is 2.45. The number of anilines is 3. The van der Waals surface area contributed by atoms with Crippen LogP contribution < -0.4 is 16.8 Å². The zero-order valence-electron chi connectivity index (χ0n) is 10.4. The second kappa shape index (κ2) is 5.28. The van der Waals surface area contributed by atoms with Crippen molar-refractivity contribution in [1.29, 1.82) is 5.26 Å². The fourth-order valence-electron chi connectivity index (χ4n) is 1.74. The summed E-state index contributed by atoms with van der Waals surface area (Å²) in [6.07, 6.45) is 0. The Bertz CT molecular complexity index is 722. The minimum atomic E-state index is -0.652. The predicted octanol–water partition coefficient (Wildman–Crippen LogP) is 2.12. The van der Waals surface area contributed by atoms with Gasteiger partial charge in [0.15, 0.2) is 0 Å². The molecule has 0 atom stereocenters. The molecule has 5 N–H and O–H groups in total. The number of nitrogens with two attached hydrogens (primary N) is 2. The molecule has 100 valence electrons. The van der Waals surface area contributed by atoms with Gasteiger partial charge >= 0.3 is 0 Å². The molecule has 1 amide bonds. The molecular formula is C14H11FN4O. The van der Waals surface area contributed by atoms with Crippen molar-refractivity contribution in [2.75, 3.05) is 11.1 Å². The molecule has 0 radical (unpaired) electrons. The molecule has 2 aromatic carbocycles. The lowest BCUT2D eigenvalue weighted by Gasteiger charge is -2.12. The summed E-state index contributed by atoms with van der Waals surface area (Å²) >= 11 is 0. The van der Waals surface area contributed by atoms with Crippen molar-refractivity contribution < 1.29 is 9.18 Å². The Hall–Kier alpha value is -3.07. The van der Waals surface area contributed by atoms with Gasteiger partial charge in [-0.1, -0.05) is 0 Å². The molecule has 0 aliphatic rings. The molecule has 0 saturated carbocycles. The Morgan fingerprint density at radius 1 is 1.20 bits per heavy atom. The lowest BCUT2D eigenvalue weighted by molar-refractivity contribution is 0.100. The van der Waals surface area contributed by atoms with E-state index < -0.39 is 11.7 Å². The fraction of sp³-hybridized carbons (Fsp3) is 0. The Morgan fingerprint density at radius 3 is 2.55 bits per heavy atom. The summed E-state index contributed by atoms with van der Waals surface area (Å²) in [6, 6.07) is 10.2. The van der Waals surface area contributed by atoms with Crippen molar-refractivity contribution >= 4 is 23.0 Å². The van der Waals surface area contributed by atoms with Gasteiger partial charge in [0.1, 0.15) is 11.9 Å². The summed E-state index contributed by atoms with van der Waals surface area (Å²) in [5, 5.41) is 11.9. The highest BCUT2D eigenvalue weighted by Gasteiger charge is 2.11. The maximum Gasteiger partial charge on any atom is 0.250 e. The maximum atomic E-state index is 13.1. The van der Waals surface area contributed by atoms with Crippen LogP contribution in [-0.4, -0.2) is 5.91 Å². The van der Waals surface area contributed by atoms with Gasteiger partial charge in [-0.25, -0.2) is 4.39 Å². The molecule has 0 aliphatic carbocycles. The topological polar surface area (TPSA) is 105 Å². The standard InChI is InChI=1S/C14H11FN4O/c15-9-1-3-12(8(5-9)7-16)19-13-4-2-10(17)6-11(13)14(18)20/h1-6,19H,17H2,(H2,18,20). The van der Waals surface area contributed by atoms with E-state index in [9.17, 15) is 9.18 Å². The number of rotatable bonds is 3. The number of benzene rings is 2. The largest absolute Gasteiger partial charge is 0.399 e. The number of primary amides is 1. The zero-order chi connectivity index (χ0) is 14.7. The Kier molecular flexibility index (Phi) is 3.53. The monoisotopic (exact) mass is 270 g/mol. The summed E-state index contributed by atoms with van der Waals surface area (Å²) in [6.45, 7) is 0. The second-order valence-electron chi connectivity index (χ2n) is 4.10. The second-order valence-corrected chi connectivity index (χ2v) is 4.10. The zero-order valence-corrected chi connectivity index (χ0v) is 10.4. The van der Waals surface area contributed by atoms with E-state index >= 15 is 0 Å². The molecule has 0 bridgehead atoms. The van der Waals surface area contributed by atoms with Crippen LogP contribution in [0.5, 0.6) is 0 Å². The molecule has 0 unspecified atom stereocenters. The van der Waals surface area contributed by atoms with Crippen LogP contribution in [0.25, 0.3) is 0 Å². The van der Waals surface area contributed by atoms with Crippen molar-refractivity contribution in [2.24, 2.45) is 5.73 Å². The maximum absolute atomic E-state index is 13.1. The van der Waals surface area contributed by atoms with E-state index in [1.165, 1.54) is 18.2 Å². The summed E-state index contributed by atoms with van der Waals surface area (Å²) in [4.78, 5) is 11.4. The number of nitrogens with one attached hydrogen (secondary N) is 1. The minimum Gasteiger partial charge on any atom is -0.399 e. The number of amides is 1. The van der Waals surface area contributed by atoms with Crippen molar-refractivity contribution in [1.82, 2.24) is 0 Å². The quantitative estimate of drug-likeness (QED) is 0.743. The number of carbonyl (C=O) groups is 1. The van der Waals surface area contributed by atoms with Crippen LogP contribution >= 0.6 is 0 Å². The van der Waals surface area contributed by atoms with Crippen LogP contribution in [0.4, 0.5) is 21.5 Å². The van der Waals surface area contributed by atoms with E-state index in [2.05, 4.69) is 5.32 Å². The lowest BCUT2D eigenvalue weighted by Crippen LogP contribution is -2.14. The number of nitrogen functional groups attached to an aromatic ring is 1. The number of hydrogen-bond donors (Lipinski definition) is 3. The molecule has 0 heterocycles. The number of hydrogen-bond acceptors (Lipinski definition) is 4. The average Bonchev–Trinajstić information content (AvgIpc) is 2.42. The van der Waals surface area contributed by atoms with E-state index in [1.54, 1.807) is 12.1 Å². The molecular weight excluding hydrogens is 259 g/mol. The van der Waals surface area contributed by atoms with Crippen LogP contribution in [0, 0.1) is 17.1 Å². The van der Waals surface area contributed by atoms with Gasteiger partial charge in [0.25, 0.3) is 5.91 Å². The summed E-state index contributed by atoms with van der Waals surface area (Å²) < 4.78 is 13.1. The molecule has 5 nitrogen and oxygen atoms in total. The van der Waals surface area contributed by atoms with E-state index in [4.69, 9.17) is 16.7 Å². The third kappa shape index (κ3) is 2.67. The first-order valence-electron chi connectivity index (χ1n) is 5.67. The number of nitrogens with zero attached hydrogens (tertiary/aromatic N) is 1. The van der Waals surface area contributed by atoms with Gasteiger partial charge in [0.2, 0.25) is 0 Å². The molecule has 20 heavy (non-hydrogen) atoms. The van der Waals surface area contributed by atoms with E-state index in [0.717, 1.165) is 6.07 Å². The molecule has 0 spiro atoms. The normalized spacial score (nSPS) is 9.80. The van der Waals surface area contributed by atoms with E-state index in [0.29, 0.717) is 17.1 Å². The highest BCUT2D eigenvalue weighted by molar-refractivity contribution is 6.00. The van der Waals surface area contributed by atoms with Crippen LogP contribution in [0.1, 0.15) is 15.9 Å². The Labute approximate surface area is 114 Å². The molecule has 0 aliphatic heterocycles. The third-order valence-electron chi connectivity index (χ3n) is 2.68.